The molecule has 1 saturated heterocycles. The molecule has 0 radical (unpaired) electrons. The second kappa shape index (κ2) is 6.22. The zero-order chi connectivity index (χ0) is 14.7. The summed E-state index contributed by atoms with van der Waals surface area (Å²) >= 11 is 1.56. The van der Waals surface area contributed by atoms with Gasteiger partial charge in [0.1, 0.15) is 10.8 Å². The first-order valence-corrected chi connectivity index (χ1v) is 8.00. The van der Waals surface area contributed by atoms with Gasteiger partial charge in [-0.1, -0.05) is 0 Å². The maximum atomic E-state index is 12.1. The maximum absolute atomic E-state index is 12.1. The van der Waals surface area contributed by atoms with Crippen LogP contribution in [-0.4, -0.2) is 29.0 Å². The van der Waals surface area contributed by atoms with Crippen molar-refractivity contribution in [2.45, 2.75) is 26.3 Å². The largest absolute Gasteiger partial charge is 0.357 e. The number of rotatable bonds is 4. The molecule has 2 aromatic rings. The molecule has 0 saturated carbocycles. The van der Waals surface area contributed by atoms with E-state index in [0.29, 0.717) is 12.1 Å². The van der Waals surface area contributed by atoms with Gasteiger partial charge in [0.15, 0.2) is 0 Å². The van der Waals surface area contributed by atoms with Gasteiger partial charge < -0.3 is 10.2 Å². The number of thiazole rings is 1. The van der Waals surface area contributed by atoms with Gasteiger partial charge in [-0.15, -0.1) is 11.3 Å². The van der Waals surface area contributed by atoms with Crippen LogP contribution in [0.2, 0.25) is 0 Å². The first-order valence-electron chi connectivity index (χ1n) is 7.12. The summed E-state index contributed by atoms with van der Waals surface area (Å²) < 4.78 is 0. The lowest BCUT2D eigenvalue weighted by atomic mass is 10.2. The number of amides is 1. The summed E-state index contributed by atoms with van der Waals surface area (Å²) in [5.74, 6) is 0.850. The Labute approximate surface area is 128 Å². The lowest BCUT2D eigenvalue weighted by Crippen LogP contribution is -2.23. The third kappa shape index (κ3) is 3.39. The van der Waals surface area contributed by atoms with E-state index in [1.807, 2.05) is 24.4 Å². The number of hydrogen-bond acceptors (Lipinski definition) is 5. The van der Waals surface area contributed by atoms with Crippen molar-refractivity contribution in [2.24, 2.45) is 0 Å². The fourth-order valence-electron chi connectivity index (χ4n) is 2.40. The summed E-state index contributed by atoms with van der Waals surface area (Å²) in [5.41, 5.74) is 1.58. The Hall–Kier alpha value is -1.95. The van der Waals surface area contributed by atoms with E-state index >= 15 is 0 Å². The lowest BCUT2D eigenvalue weighted by molar-refractivity contribution is 0.0950. The van der Waals surface area contributed by atoms with E-state index in [-0.39, 0.29) is 5.91 Å². The van der Waals surface area contributed by atoms with Crippen LogP contribution in [0, 0.1) is 6.92 Å². The van der Waals surface area contributed by atoms with E-state index in [1.54, 1.807) is 17.5 Å². The molecule has 1 aliphatic heterocycles. The summed E-state index contributed by atoms with van der Waals surface area (Å²) in [6.45, 7) is 4.53. The zero-order valence-electron chi connectivity index (χ0n) is 12.0. The quantitative estimate of drug-likeness (QED) is 0.942. The summed E-state index contributed by atoms with van der Waals surface area (Å²) in [6.07, 6.45) is 4.09. The number of pyridine rings is 1. The highest BCUT2D eigenvalue weighted by atomic mass is 32.1. The second-order valence-corrected chi connectivity index (χ2v) is 6.11. The van der Waals surface area contributed by atoms with E-state index in [2.05, 4.69) is 20.2 Å². The summed E-state index contributed by atoms with van der Waals surface area (Å²) in [4.78, 5) is 23.0. The molecule has 3 heterocycles. The third-order valence-electron chi connectivity index (χ3n) is 3.51. The Morgan fingerprint density at radius 3 is 2.81 bits per heavy atom. The number of aromatic nitrogens is 2. The molecule has 2 aromatic heterocycles. The predicted octanol–water partition coefficient (Wildman–Crippen LogP) is 2.38. The van der Waals surface area contributed by atoms with E-state index in [1.165, 1.54) is 12.8 Å². The minimum atomic E-state index is -0.108. The molecule has 0 bridgehead atoms. The molecule has 5 nitrogen and oxygen atoms in total. The first-order chi connectivity index (χ1) is 10.2. The topological polar surface area (TPSA) is 58.1 Å². The molecule has 1 N–H and O–H groups in total. The number of carbonyl (C=O) groups is 1. The standard InChI is InChI=1S/C15H18N4OS/c1-11-10-21-14(18-11)9-17-15(20)12-4-5-13(16-8-12)19-6-2-3-7-19/h4-5,8,10H,2-3,6-7,9H2,1H3,(H,17,20). The second-order valence-electron chi connectivity index (χ2n) is 5.16. The molecule has 1 aliphatic rings. The van der Waals surface area contributed by atoms with Crippen molar-refractivity contribution in [3.8, 4) is 0 Å². The molecule has 0 spiro atoms. The lowest BCUT2D eigenvalue weighted by Gasteiger charge is -2.16. The average molecular weight is 302 g/mol. The SMILES string of the molecule is Cc1csc(CNC(=O)c2ccc(N3CCCC3)nc2)n1. The van der Waals surface area contributed by atoms with E-state index < -0.39 is 0 Å². The number of hydrogen-bond donors (Lipinski definition) is 1. The van der Waals surface area contributed by atoms with Gasteiger partial charge in [0.2, 0.25) is 0 Å². The molecule has 0 atom stereocenters. The first kappa shape index (κ1) is 14.0. The minimum Gasteiger partial charge on any atom is -0.357 e. The summed E-state index contributed by atoms with van der Waals surface area (Å²) in [7, 11) is 0. The van der Waals surface area contributed by atoms with Gasteiger partial charge >= 0.3 is 0 Å². The number of nitrogens with zero attached hydrogens (tertiary/aromatic N) is 3. The zero-order valence-corrected chi connectivity index (χ0v) is 12.8. The Balaban J connectivity index is 1.59. The van der Waals surface area contributed by atoms with Crippen molar-refractivity contribution >= 4 is 23.1 Å². The highest BCUT2D eigenvalue weighted by Crippen LogP contribution is 2.17. The van der Waals surface area contributed by atoms with Crippen LogP contribution in [0.15, 0.2) is 23.7 Å². The van der Waals surface area contributed by atoms with Gasteiger partial charge in [-0.3, -0.25) is 4.79 Å². The van der Waals surface area contributed by atoms with Gasteiger partial charge in [-0.05, 0) is 31.9 Å². The fourth-order valence-corrected chi connectivity index (χ4v) is 3.11. The van der Waals surface area contributed by atoms with Crippen molar-refractivity contribution in [1.29, 1.82) is 0 Å². The number of aryl methyl sites for hydroxylation is 1. The van der Waals surface area contributed by atoms with Crippen LogP contribution in [0.3, 0.4) is 0 Å². The van der Waals surface area contributed by atoms with Crippen LogP contribution in [0.4, 0.5) is 5.82 Å². The highest BCUT2D eigenvalue weighted by Gasteiger charge is 2.14. The molecule has 3 rings (SSSR count). The van der Waals surface area contributed by atoms with Gasteiger partial charge in [-0.25, -0.2) is 9.97 Å². The van der Waals surface area contributed by atoms with Crippen molar-refractivity contribution in [2.75, 3.05) is 18.0 Å². The molecule has 1 amide bonds. The monoisotopic (exact) mass is 302 g/mol. The van der Waals surface area contributed by atoms with Crippen molar-refractivity contribution in [3.05, 3.63) is 40.0 Å². The van der Waals surface area contributed by atoms with Gasteiger partial charge in [0.25, 0.3) is 5.91 Å². The van der Waals surface area contributed by atoms with E-state index in [4.69, 9.17) is 0 Å². The number of carbonyl (C=O) groups excluding carboxylic acids is 1. The Morgan fingerprint density at radius 2 is 2.19 bits per heavy atom. The van der Waals surface area contributed by atoms with Crippen LogP contribution in [-0.2, 0) is 6.54 Å². The van der Waals surface area contributed by atoms with Crippen molar-refractivity contribution in [1.82, 2.24) is 15.3 Å². The fraction of sp³-hybridized carbons (Fsp3) is 0.400. The van der Waals surface area contributed by atoms with Gasteiger partial charge in [0, 0.05) is 30.4 Å². The number of anilines is 1. The highest BCUT2D eigenvalue weighted by molar-refractivity contribution is 7.09. The number of nitrogens with one attached hydrogen (secondary N) is 1. The molecular formula is C15H18N4OS. The molecule has 0 unspecified atom stereocenters. The molecule has 1 fully saturated rings. The van der Waals surface area contributed by atoms with Crippen molar-refractivity contribution < 1.29 is 4.79 Å². The molecule has 21 heavy (non-hydrogen) atoms. The molecule has 6 heteroatoms. The van der Waals surface area contributed by atoms with Crippen LogP contribution >= 0.6 is 11.3 Å². The van der Waals surface area contributed by atoms with Crippen LogP contribution < -0.4 is 10.2 Å². The van der Waals surface area contributed by atoms with Gasteiger partial charge in [0.05, 0.1) is 12.1 Å². The Kier molecular flexibility index (Phi) is 4.15. The average Bonchev–Trinajstić information content (AvgIpc) is 3.16. The minimum absolute atomic E-state index is 0.108. The summed E-state index contributed by atoms with van der Waals surface area (Å²) in [5, 5.41) is 5.77. The molecular weight excluding hydrogens is 284 g/mol. The Morgan fingerprint density at radius 1 is 1.38 bits per heavy atom. The molecule has 110 valence electrons. The maximum Gasteiger partial charge on any atom is 0.253 e. The molecule has 0 aromatic carbocycles. The van der Waals surface area contributed by atoms with Crippen LogP contribution in [0.25, 0.3) is 0 Å². The van der Waals surface area contributed by atoms with Crippen LogP contribution in [0.5, 0.6) is 0 Å². The van der Waals surface area contributed by atoms with E-state index in [0.717, 1.165) is 29.6 Å². The van der Waals surface area contributed by atoms with Gasteiger partial charge in [-0.2, -0.15) is 0 Å². The van der Waals surface area contributed by atoms with Crippen molar-refractivity contribution in [3.63, 3.8) is 0 Å². The molecule has 0 aliphatic carbocycles. The predicted molar refractivity (Wildman–Crippen MR) is 83.7 cm³/mol. The third-order valence-corrected chi connectivity index (χ3v) is 4.47. The normalized spacial score (nSPS) is 14.4. The van der Waals surface area contributed by atoms with Crippen LogP contribution in [0.1, 0.15) is 33.9 Å². The Bertz CT molecular complexity index is 617. The summed E-state index contributed by atoms with van der Waals surface area (Å²) in [6, 6.07) is 3.76. The smallest absolute Gasteiger partial charge is 0.253 e. The van der Waals surface area contributed by atoms with E-state index in [9.17, 15) is 4.79 Å².